The van der Waals surface area contributed by atoms with Crippen LogP contribution in [0.15, 0.2) is 22.8 Å². The third-order valence-electron chi connectivity index (χ3n) is 2.61. The van der Waals surface area contributed by atoms with E-state index in [2.05, 4.69) is 26.3 Å². The Bertz CT molecular complexity index is 672. The van der Waals surface area contributed by atoms with Gasteiger partial charge in [-0.3, -0.25) is 9.48 Å². The van der Waals surface area contributed by atoms with Crippen LogP contribution in [0.1, 0.15) is 17.4 Å². The Hall–Kier alpha value is -1.24. The molecule has 0 fully saturated rings. The van der Waals surface area contributed by atoms with Gasteiger partial charge in [0.15, 0.2) is 5.69 Å². The molecular formula is C12H11BrCl2N4O. The molecule has 0 aliphatic rings. The molecule has 0 aliphatic heterocycles. The number of nitrogens with one attached hydrogen (secondary N) is 1. The lowest BCUT2D eigenvalue weighted by Crippen LogP contribution is -2.15. The van der Waals surface area contributed by atoms with Crippen molar-refractivity contribution in [3.05, 3.63) is 38.5 Å². The van der Waals surface area contributed by atoms with Crippen molar-refractivity contribution in [1.29, 1.82) is 0 Å². The Morgan fingerprint density at radius 3 is 2.75 bits per heavy atom. The Balaban J connectivity index is 2.28. The van der Waals surface area contributed by atoms with Crippen molar-refractivity contribution in [2.45, 2.75) is 13.5 Å². The zero-order valence-electron chi connectivity index (χ0n) is 10.5. The van der Waals surface area contributed by atoms with Crippen molar-refractivity contribution in [3.63, 3.8) is 0 Å². The zero-order valence-corrected chi connectivity index (χ0v) is 13.6. The summed E-state index contributed by atoms with van der Waals surface area (Å²) in [4.78, 5) is 12.1. The molecule has 0 radical (unpaired) electrons. The minimum absolute atomic E-state index is 0.155. The first-order chi connectivity index (χ1) is 9.43. The maximum atomic E-state index is 12.1. The molecule has 2 aromatic rings. The van der Waals surface area contributed by atoms with Crippen LogP contribution in [0.4, 0.5) is 11.4 Å². The predicted octanol–water partition coefficient (Wildman–Crippen LogP) is 3.81. The molecule has 5 nitrogen and oxygen atoms in total. The summed E-state index contributed by atoms with van der Waals surface area (Å²) < 4.78 is 2.23. The van der Waals surface area contributed by atoms with Crippen molar-refractivity contribution in [1.82, 2.24) is 9.78 Å². The molecule has 1 amide bonds. The monoisotopic (exact) mass is 376 g/mol. The highest BCUT2D eigenvalue weighted by Crippen LogP contribution is 2.36. The second kappa shape index (κ2) is 6.03. The largest absolute Gasteiger partial charge is 0.396 e. The number of halogens is 3. The van der Waals surface area contributed by atoms with Crippen LogP contribution in [0, 0.1) is 0 Å². The van der Waals surface area contributed by atoms with Gasteiger partial charge in [0.25, 0.3) is 5.91 Å². The minimum atomic E-state index is -0.435. The highest BCUT2D eigenvalue weighted by atomic mass is 79.9. The van der Waals surface area contributed by atoms with Gasteiger partial charge in [0.05, 0.1) is 21.4 Å². The second-order valence-electron chi connectivity index (χ2n) is 3.97. The standard InChI is InChI=1S/C12H11BrCl2N4O/c1-2-19-5-7(16)11(18-19)12(20)17-8-4-3-6(13)9(14)10(8)15/h3-5H,2,16H2,1H3,(H,17,20). The van der Waals surface area contributed by atoms with Crippen LogP contribution in [0.3, 0.4) is 0 Å². The first kappa shape index (κ1) is 15.2. The highest BCUT2D eigenvalue weighted by Gasteiger charge is 2.17. The van der Waals surface area contributed by atoms with E-state index in [4.69, 9.17) is 28.9 Å². The fourth-order valence-electron chi connectivity index (χ4n) is 1.58. The summed E-state index contributed by atoms with van der Waals surface area (Å²) in [6.07, 6.45) is 1.60. The van der Waals surface area contributed by atoms with Gasteiger partial charge in [-0.25, -0.2) is 0 Å². The van der Waals surface area contributed by atoms with Gasteiger partial charge < -0.3 is 11.1 Å². The molecule has 1 heterocycles. The normalized spacial score (nSPS) is 10.6. The van der Waals surface area contributed by atoms with Gasteiger partial charge in [-0.2, -0.15) is 5.10 Å². The fraction of sp³-hybridized carbons (Fsp3) is 0.167. The van der Waals surface area contributed by atoms with Crippen LogP contribution < -0.4 is 11.1 Å². The fourth-order valence-corrected chi connectivity index (χ4v) is 2.40. The molecule has 2 rings (SSSR count). The van der Waals surface area contributed by atoms with E-state index in [9.17, 15) is 4.79 Å². The Morgan fingerprint density at radius 1 is 1.45 bits per heavy atom. The average Bonchev–Trinajstić information content (AvgIpc) is 2.81. The molecule has 0 saturated carbocycles. The maximum Gasteiger partial charge on any atom is 0.278 e. The van der Waals surface area contributed by atoms with Crippen molar-refractivity contribution >= 4 is 56.4 Å². The summed E-state index contributed by atoms with van der Waals surface area (Å²) in [5, 5.41) is 7.31. The molecule has 0 atom stereocenters. The summed E-state index contributed by atoms with van der Waals surface area (Å²) in [5.41, 5.74) is 6.61. The number of nitrogens with zero attached hydrogens (tertiary/aromatic N) is 2. The van der Waals surface area contributed by atoms with Gasteiger partial charge in [-0.05, 0) is 35.0 Å². The van der Waals surface area contributed by atoms with E-state index < -0.39 is 5.91 Å². The number of rotatable bonds is 3. The van der Waals surface area contributed by atoms with E-state index in [1.54, 1.807) is 23.0 Å². The molecule has 0 bridgehead atoms. The number of hydrogen-bond acceptors (Lipinski definition) is 3. The number of amides is 1. The number of nitrogens with two attached hydrogens (primary N) is 1. The molecule has 0 unspecified atom stereocenters. The van der Waals surface area contributed by atoms with Crippen molar-refractivity contribution in [2.75, 3.05) is 11.1 Å². The molecule has 0 saturated heterocycles. The van der Waals surface area contributed by atoms with E-state index in [1.807, 2.05) is 6.92 Å². The Labute approximate surface area is 134 Å². The molecular weight excluding hydrogens is 367 g/mol. The highest BCUT2D eigenvalue weighted by molar-refractivity contribution is 9.10. The van der Waals surface area contributed by atoms with Crippen LogP contribution in [0.2, 0.25) is 10.0 Å². The zero-order chi connectivity index (χ0) is 14.9. The van der Waals surface area contributed by atoms with Gasteiger partial charge >= 0.3 is 0 Å². The summed E-state index contributed by atoms with van der Waals surface area (Å²) in [7, 11) is 0. The number of carbonyl (C=O) groups is 1. The lowest BCUT2D eigenvalue weighted by atomic mass is 10.3. The Morgan fingerprint density at radius 2 is 2.15 bits per heavy atom. The third-order valence-corrected chi connectivity index (χ3v) is 4.38. The van der Waals surface area contributed by atoms with Crippen molar-refractivity contribution in [3.8, 4) is 0 Å². The van der Waals surface area contributed by atoms with Gasteiger partial charge in [0.2, 0.25) is 0 Å². The van der Waals surface area contributed by atoms with Crippen LogP contribution in [0.25, 0.3) is 0 Å². The predicted molar refractivity (Wildman–Crippen MR) is 84.4 cm³/mol. The van der Waals surface area contributed by atoms with E-state index >= 15 is 0 Å². The lowest BCUT2D eigenvalue weighted by molar-refractivity contribution is 0.102. The minimum Gasteiger partial charge on any atom is -0.396 e. The molecule has 1 aromatic heterocycles. The summed E-state index contributed by atoms with van der Waals surface area (Å²) in [6, 6.07) is 3.33. The van der Waals surface area contributed by atoms with E-state index in [0.29, 0.717) is 27.4 Å². The van der Waals surface area contributed by atoms with Gasteiger partial charge in [-0.1, -0.05) is 23.2 Å². The molecule has 106 valence electrons. The van der Waals surface area contributed by atoms with E-state index in [0.717, 1.165) is 0 Å². The molecule has 0 spiro atoms. The van der Waals surface area contributed by atoms with Crippen molar-refractivity contribution in [2.24, 2.45) is 0 Å². The number of aryl methyl sites for hydroxylation is 1. The SMILES string of the molecule is CCn1cc(N)c(C(=O)Nc2ccc(Br)c(Cl)c2Cl)n1. The summed E-state index contributed by atoms with van der Waals surface area (Å²) >= 11 is 15.3. The first-order valence-corrected chi connectivity index (χ1v) is 7.26. The van der Waals surface area contributed by atoms with Crippen LogP contribution in [0.5, 0.6) is 0 Å². The molecule has 8 heteroatoms. The molecule has 3 N–H and O–H groups in total. The number of aromatic nitrogens is 2. The molecule has 0 aliphatic carbocycles. The van der Waals surface area contributed by atoms with Gasteiger partial charge in [0.1, 0.15) is 0 Å². The topological polar surface area (TPSA) is 72.9 Å². The number of hydrogen-bond donors (Lipinski definition) is 2. The van der Waals surface area contributed by atoms with E-state index in [-0.39, 0.29) is 10.7 Å². The molecule has 1 aromatic carbocycles. The number of benzene rings is 1. The summed E-state index contributed by atoms with van der Waals surface area (Å²) in [6.45, 7) is 2.53. The number of anilines is 2. The van der Waals surface area contributed by atoms with E-state index in [1.165, 1.54) is 0 Å². The van der Waals surface area contributed by atoms with Crippen molar-refractivity contribution < 1.29 is 4.79 Å². The smallest absolute Gasteiger partial charge is 0.278 e. The lowest BCUT2D eigenvalue weighted by Gasteiger charge is -2.08. The molecule has 20 heavy (non-hydrogen) atoms. The quantitative estimate of drug-likeness (QED) is 0.798. The van der Waals surface area contributed by atoms with Crippen LogP contribution in [-0.4, -0.2) is 15.7 Å². The van der Waals surface area contributed by atoms with Crippen LogP contribution in [-0.2, 0) is 6.54 Å². The first-order valence-electron chi connectivity index (χ1n) is 5.71. The van der Waals surface area contributed by atoms with Gasteiger partial charge in [0, 0.05) is 17.2 Å². The van der Waals surface area contributed by atoms with Crippen LogP contribution >= 0.6 is 39.1 Å². The number of carbonyl (C=O) groups excluding carboxylic acids is 1. The third kappa shape index (κ3) is 2.92. The maximum absolute atomic E-state index is 12.1. The average molecular weight is 378 g/mol. The Kier molecular flexibility index (Phi) is 4.57. The second-order valence-corrected chi connectivity index (χ2v) is 5.58. The van der Waals surface area contributed by atoms with Gasteiger partial charge in [-0.15, -0.1) is 0 Å². The summed E-state index contributed by atoms with van der Waals surface area (Å²) in [5.74, 6) is -0.435. The number of nitrogen functional groups attached to an aromatic ring is 1.